The molecule has 19 heavy (non-hydrogen) atoms. The number of hydrogen-bond donors (Lipinski definition) is 2. The third kappa shape index (κ3) is 5.57. The van der Waals surface area contributed by atoms with Crippen molar-refractivity contribution in [2.24, 2.45) is 11.7 Å². The molecule has 0 unspecified atom stereocenters. The van der Waals surface area contributed by atoms with Crippen LogP contribution < -0.4 is 5.73 Å². The molecule has 0 bridgehead atoms. The summed E-state index contributed by atoms with van der Waals surface area (Å²) in [7, 11) is 0. The second kappa shape index (κ2) is 7.45. The minimum atomic E-state index is -0.780. The van der Waals surface area contributed by atoms with E-state index in [9.17, 15) is 9.59 Å². The van der Waals surface area contributed by atoms with Crippen LogP contribution in [0.3, 0.4) is 0 Å². The first-order valence-corrected chi connectivity index (χ1v) is 6.88. The fourth-order valence-corrected chi connectivity index (χ4v) is 2.29. The van der Waals surface area contributed by atoms with Gasteiger partial charge in [0.25, 0.3) is 0 Å². The highest BCUT2D eigenvalue weighted by Crippen LogP contribution is 2.09. The van der Waals surface area contributed by atoms with Crippen LogP contribution in [0, 0.1) is 5.92 Å². The van der Waals surface area contributed by atoms with Gasteiger partial charge >= 0.3 is 5.97 Å². The zero-order valence-electron chi connectivity index (χ0n) is 11.8. The molecule has 6 heteroatoms. The van der Waals surface area contributed by atoms with Gasteiger partial charge in [-0.15, -0.1) is 0 Å². The summed E-state index contributed by atoms with van der Waals surface area (Å²) in [4.78, 5) is 26.5. The number of hydrogen-bond acceptors (Lipinski definition) is 4. The second-order valence-electron chi connectivity index (χ2n) is 5.55. The number of nitrogens with zero attached hydrogens (tertiary/aromatic N) is 2. The van der Waals surface area contributed by atoms with Gasteiger partial charge in [-0.05, 0) is 12.3 Å². The van der Waals surface area contributed by atoms with Crippen molar-refractivity contribution in [1.82, 2.24) is 9.80 Å². The summed E-state index contributed by atoms with van der Waals surface area (Å²) in [6.45, 7) is 7.40. The summed E-state index contributed by atoms with van der Waals surface area (Å²) in [5.41, 5.74) is 5.90. The average Bonchev–Trinajstić information content (AvgIpc) is 2.35. The number of carbonyl (C=O) groups is 2. The van der Waals surface area contributed by atoms with Crippen molar-refractivity contribution in [1.29, 1.82) is 0 Å². The highest BCUT2D eigenvalue weighted by molar-refractivity contribution is 5.81. The Morgan fingerprint density at radius 1 is 1.21 bits per heavy atom. The van der Waals surface area contributed by atoms with Gasteiger partial charge in [-0.25, -0.2) is 0 Å². The lowest BCUT2D eigenvalue weighted by molar-refractivity contribution is -0.138. The number of piperazine rings is 1. The second-order valence-corrected chi connectivity index (χ2v) is 5.55. The molecule has 110 valence electrons. The molecule has 3 N–H and O–H groups in total. The van der Waals surface area contributed by atoms with Gasteiger partial charge in [-0.3, -0.25) is 14.5 Å². The molecule has 0 spiro atoms. The van der Waals surface area contributed by atoms with E-state index in [2.05, 4.69) is 18.7 Å². The van der Waals surface area contributed by atoms with Crippen LogP contribution in [0.15, 0.2) is 0 Å². The molecule has 6 nitrogen and oxygen atoms in total. The van der Waals surface area contributed by atoms with Crippen LogP contribution in [-0.4, -0.2) is 65.5 Å². The quantitative estimate of drug-likeness (QED) is 0.709. The van der Waals surface area contributed by atoms with E-state index in [0.717, 1.165) is 13.1 Å². The normalized spacial score (nSPS) is 18.6. The van der Waals surface area contributed by atoms with Gasteiger partial charge in [0.05, 0.1) is 12.5 Å². The van der Waals surface area contributed by atoms with Crippen LogP contribution in [0.4, 0.5) is 0 Å². The Balaban J connectivity index is 2.32. The van der Waals surface area contributed by atoms with E-state index in [4.69, 9.17) is 10.8 Å². The van der Waals surface area contributed by atoms with Gasteiger partial charge < -0.3 is 15.7 Å². The van der Waals surface area contributed by atoms with Crippen molar-refractivity contribution in [3.63, 3.8) is 0 Å². The van der Waals surface area contributed by atoms with Crippen LogP contribution >= 0.6 is 0 Å². The zero-order chi connectivity index (χ0) is 14.4. The maximum absolute atomic E-state index is 12.1. The average molecular weight is 271 g/mol. The summed E-state index contributed by atoms with van der Waals surface area (Å²) in [5, 5.41) is 8.63. The number of amides is 1. The molecular weight excluding hydrogens is 246 g/mol. The molecule has 0 aromatic carbocycles. The predicted octanol–water partition coefficient (Wildman–Crippen LogP) is -0.0213. The number of nitrogens with two attached hydrogens (primary N) is 1. The highest BCUT2D eigenvalue weighted by Gasteiger charge is 2.25. The molecule has 1 rings (SSSR count). The van der Waals surface area contributed by atoms with E-state index in [-0.39, 0.29) is 12.3 Å². The molecule has 0 saturated carbocycles. The Morgan fingerprint density at radius 3 is 2.26 bits per heavy atom. The Morgan fingerprint density at radius 2 is 1.79 bits per heavy atom. The minimum Gasteiger partial charge on any atom is -0.481 e. The maximum Gasteiger partial charge on any atom is 0.304 e. The number of aliphatic carboxylic acids is 1. The number of rotatable bonds is 6. The summed E-state index contributed by atoms with van der Waals surface area (Å²) < 4.78 is 0. The summed E-state index contributed by atoms with van der Waals surface area (Å²) in [6.07, 6.45) is 0.860. The van der Waals surface area contributed by atoms with Crippen molar-refractivity contribution < 1.29 is 14.7 Å². The smallest absolute Gasteiger partial charge is 0.304 e. The Hall–Kier alpha value is -1.14. The fourth-order valence-electron chi connectivity index (χ4n) is 2.29. The third-order valence-electron chi connectivity index (χ3n) is 3.37. The van der Waals surface area contributed by atoms with Crippen LogP contribution in [0.1, 0.15) is 26.7 Å². The lowest BCUT2D eigenvalue weighted by Gasteiger charge is -2.35. The summed E-state index contributed by atoms with van der Waals surface area (Å²) in [6, 6.07) is -0.412. The van der Waals surface area contributed by atoms with Crippen molar-refractivity contribution in [2.45, 2.75) is 32.7 Å². The van der Waals surface area contributed by atoms with Gasteiger partial charge in [0.1, 0.15) is 0 Å². The molecule has 1 atom stereocenters. The number of carboxylic acid groups (broad SMARTS) is 1. The molecule has 0 aromatic heterocycles. The fraction of sp³-hybridized carbons (Fsp3) is 0.846. The van der Waals surface area contributed by atoms with E-state index in [1.54, 1.807) is 4.90 Å². The van der Waals surface area contributed by atoms with Crippen LogP contribution in [0.2, 0.25) is 0 Å². The predicted molar refractivity (Wildman–Crippen MR) is 72.7 cm³/mol. The van der Waals surface area contributed by atoms with Crippen molar-refractivity contribution in [3.05, 3.63) is 0 Å². The van der Waals surface area contributed by atoms with Crippen molar-refractivity contribution >= 4 is 11.9 Å². The highest BCUT2D eigenvalue weighted by atomic mass is 16.4. The molecule has 1 saturated heterocycles. The van der Waals surface area contributed by atoms with Gasteiger partial charge in [0.2, 0.25) is 5.91 Å². The van der Waals surface area contributed by atoms with E-state index >= 15 is 0 Å². The third-order valence-corrected chi connectivity index (χ3v) is 3.37. The minimum absolute atomic E-state index is 0.0200. The van der Waals surface area contributed by atoms with Gasteiger partial charge in [0, 0.05) is 32.7 Å². The maximum atomic E-state index is 12.1. The number of carbonyl (C=O) groups excluding carboxylic acids is 1. The monoisotopic (exact) mass is 271 g/mol. The lowest BCUT2D eigenvalue weighted by Crippen LogP contribution is -2.53. The topological polar surface area (TPSA) is 86.9 Å². The van der Waals surface area contributed by atoms with E-state index < -0.39 is 12.0 Å². The van der Waals surface area contributed by atoms with Crippen molar-refractivity contribution in [2.75, 3.05) is 32.7 Å². The first-order chi connectivity index (χ1) is 8.90. The van der Waals surface area contributed by atoms with Crippen LogP contribution in [0.5, 0.6) is 0 Å². The molecule has 1 amide bonds. The Kier molecular flexibility index (Phi) is 6.24. The van der Waals surface area contributed by atoms with Gasteiger partial charge in [0.15, 0.2) is 0 Å². The standard InChI is InChI=1S/C13H25N3O3/c1-10(2)9-11(14)13(19)16-7-5-15(6-8-16)4-3-12(17)18/h10-11H,3-9,14H2,1-2H3,(H,17,18)/t11-/m0/s1. The zero-order valence-corrected chi connectivity index (χ0v) is 11.8. The molecule has 0 aromatic rings. The molecule has 1 aliphatic rings. The first kappa shape index (κ1) is 15.9. The SMILES string of the molecule is CC(C)C[C@H](N)C(=O)N1CCN(CCC(=O)O)CC1. The van der Waals surface area contributed by atoms with E-state index in [0.29, 0.717) is 32.0 Å². The lowest BCUT2D eigenvalue weighted by atomic mass is 10.0. The Labute approximate surface area is 114 Å². The van der Waals surface area contributed by atoms with Crippen LogP contribution in [0.25, 0.3) is 0 Å². The first-order valence-electron chi connectivity index (χ1n) is 6.88. The van der Waals surface area contributed by atoms with E-state index in [1.807, 2.05) is 0 Å². The summed E-state index contributed by atoms with van der Waals surface area (Å²) >= 11 is 0. The molecule has 1 fully saturated rings. The van der Waals surface area contributed by atoms with E-state index in [1.165, 1.54) is 0 Å². The molecule has 1 heterocycles. The molecule has 0 aliphatic carbocycles. The summed E-state index contributed by atoms with van der Waals surface area (Å²) in [5.74, 6) is -0.347. The molecule has 1 aliphatic heterocycles. The molecule has 0 radical (unpaired) electrons. The largest absolute Gasteiger partial charge is 0.481 e. The van der Waals surface area contributed by atoms with Crippen LogP contribution in [-0.2, 0) is 9.59 Å². The van der Waals surface area contributed by atoms with Gasteiger partial charge in [-0.2, -0.15) is 0 Å². The Bertz CT molecular complexity index is 312. The van der Waals surface area contributed by atoms with Crippen molar-refractivity contribution in [3.8, 4) is 0 Å². The van der Waals surface area contributed by atoms with Gasteiger partial charge in [-0.1, -0.05) is 13.8 Å². The molecular formula is C13H25N3O3. The number of carboxylic acids is 1.